The fraction of sp³-hybridized carbons (Fsp3) is 0.312. The van der Waals surface area contributed by atoms with Gasteiger partial charge in [-0.15, -0.1) is 11.3 Å². The normalized spacial score (nSPS) is 11.7. The molecule has 0 bridgehead atoms. The van der Waals surface area contributed by atoms with E-state index in [0.717, 1.165) is 4.88 Å². The van der Waals surface area contributed by atoms with Crippen molar-refractivity contribution in [3.63, 3.8) is 0 Å². The van der Waals surface area contributed by atoms with Crippen LogP contribution in [-0.4, -0.2) is 32.3 Å². The summed E-state index contributed by atoms with van der Waals surface area (Å²) >= 11 is 7.66. The summed E-state index contributed by atoms with van der Waals surface area (Å²) in [5.41, 5.74) is 0.169. The molecule has 24 heavy (non-hydrogen) atoms. The fourth-order valence-electron chi connectivity index (χ4n) is 2.13. The van der Waals surface area contributed by atoms with Crippen LogP contribution in [0.1, 0.15) is 29.1 Å². The molecule has 0 aliphatic rings. The summed E-state index contributed by atoms with van der Waals surface area (Å²) in [6.07, 6.45) is 0. The monoisotopic (exact) mass is 386 g/mol. The van der Waals surface area contributed by atoms with E-state index in [-0.39, 0.29) is 27.4 Å². The highest BCUT2D eigenvalue weighted by atomic mass is 35.5. The lowest BCUT2D eigenvalue weighted by atomic mass is 10.2. The van der Waals surface area contributed by atoms with Crippen LogP contribution in [-0.2, 0) is 16.6 Å². The van der Waals surface area contributed by atoms with Crippen molar-refractivity contribution in [3.8, 4) is 0 Å². The van der Waals surface area contributed by atoms with Crippen molar-refractivity contribution in [3.05, 3.63) is 51.2 Å². The lowest BCUT2D eigenvalue weighted by molar-refractivity contribution is 0.0786. The third-order valence-corrected chi connectivity index (χ3v) is 6.04. The van der Waals surface area contributed by atoms with Crippen molar-refractivity contribution >= 4 is 38.9 Å². The van der Waals surface area contributed by atoms with Crippen molar-refractivity contribution in [2.45, 2.75) is 31.3 Å². The SMILES string of the molecule is CC(C)NS(=O)(=O)c1ccc(Cl)c(C(=O)N(C)Cc2cccs2)c1. The minimum Gasteiger partial charge on any atom is -0.337 e. The minimum absolute atomic E-state index is 0.0217. The van der Waals surface area contributed by atoms with Gasteiger partial charge in [0.15, 0.2) is 0 Å². The van der Waals surface area contributed by atoms with Crippen molar-refractivity contribution in [2.24, 2.45) is 0 Å². The third kappa shape index (κ3) is 4.57. The molecular formula is C16H19ClN2O3S2. The molecule has 2 aromatic rings. The summed E-state index contributed by atoms with van der Waals surface area (Å²) in [6, 6.07) is 7.75. The molecule has 1 aromatic heterocycles. The zero-order valence-electron chi connectivity index (χ0n) is 13.6. The number of hydrogen-bond acceptors (Lipinski definition) is 4. The maximum absolute atomic E-state index is 12.6. The number of hydrogen-bond donors (Lipinski definition) is 1. The van der Waals surface area contributed by atoms with E-state index in [1.165, 1.54) is 23.1 Å². The van der Waals surface area contributed by atoms with E-state index in [1.54, 1.807) is 32.2 Å². The van der Waals surface area contributed by atoms with Gasteiger partial charge in [-0.2, -0.15) is 0 Å². The Kier molecular flexibility index (Phi) is 6.03. The molecule has 0 spiro atoms. The van der Waals surface area contributed by atoms with Crippen LogP contribution < -0.4 is 4.72 Å². The van der Waals surface area contributed by atoms with E-state index in [4.69, 9.17) is 11.6 Å². The number of thiophene rings is 1. The molecule has 130 valence electrons. The highest BCUT2D eigenvalue weighted by Crippen LogP contribution is 2.23. The molecule has 0 unspecified atom stereocenters. The number of benzene rings is 1. The number of sulfonamides is 1. The fourth-order valence-corrected chi connectivity index (χ4v) is 4.36. The standard InChI is InChI=1S/C16H19ClN2O3S2/c1-11(2)18-24(21,22)13-6-7-15(17)14(9-13)16(20)19(3)10-12-5-4-8-23-12/h4-9,11,18H,10H2,1-3H3. The molecule has 8 heteroatoms. The second kappa shape index (κ2) is 7.65. The summed E-state index contributed by atoms with van der Waals surface area (Å²) in [7, 11) is -2.03. The second-order valence-corrected chi connectivity index (χ2v) is 8.81. The van der Waals surface area contributed by atoms with Crippen molar-refractivity contribution < 1.29 is 13.2 Å². The molecule has 0 aliphatic heterocycles. The summed E-state index contributed by atoms with van der Waals surface area (Å²) < 4.78 is 27.0. The quantitative estimate of drug-likeness (QED) is 0.827. The Balaban J connectivity index is 2.29. The molecule has 1 N–H and O–H groups in total. The molecule has 0 aliphatic carbocycles. The van der Waals surface area contributed by atoms with Crippen molar-refractivity contribution in [2.75, 3.05) is 7.05 Å². The average molecular weight is 387 g/mol. The van der Waals surface area contributed by atoms with Crippen molar-refractivity contribution in [1.29, 1.82) is 0 Å². The summed E-state index contributed by atoms with van der Waals surface area (Å²) in [4.78, 5) is 15.2. The number of amides is 1. The molecule has 0 saturated carbocycles. The van der Waals surface area contributed by atoms with E-state index in [2.05, 4.69) is 4.72 Å². The molecule has 1 aromatic carbocycles. The molecule has 5 nitrogen and oxygen atoms in total. The number of carbonyl (C=O) groups is 1. The van der Waals surface area contributed by atoms with Crippen LogP contribution >= 0.6 is 22.9 Å². The third-order valence-electron chi connectivity index (χ3n) is 3.19. The molecule has 0 atom stereocenters. The Morgan fingerprint density at radius 2 is 2.04 bits per heavy atom. The van der Waals surface area contributed by atoms with Crippen LogP contribution in [0.4, 0.5) is 0 Å². The molecule has 2 rings (SSSR count). The van der Waals surface area contributed by atoms with E-state index in [1.807, 2.05) is 17.5 Å². The minimum atomic E-state index is -3.69. The van der Waals surface area contributed by atoms with Gasteiger partial charge in [0.25, 0.3) is 5.91 Å². The van der Waals surface area contributed by atoms with Gasteiger partial charge in [-0.1, -0.05) is 17.7 Å². The summed E-state index contributed by atoms with van der Waals surface area (Å²) in [6.45, 7) is 3.90. The van der Waals surface area contributed by atoms with Gasteiger partial charge in [0, 0.05) is 18.0 Å². The topological polar surface area (TPSA) is 66.5 Å². The molecule has 0 fully saturated rings. The van der Waals surface area contributed by atoms with Gasteiger partial charge < -0.3 is 4.90 Å². The first-order chi connectivity index (χ1) is 11.2. The Morgan fingerprint density at radius 1 is 1.33 bits per heavy atom. The molecule has 1 heterocycles. The number of nitrogens with one attached hydrogen (secondary N) is 1. The molecule has 0 saturated heterocycles. The van der Waals surface area contributed by atoms with Crippen LogP contribution in [0.2, 0.25) is 5.02 Å². The molecule has 1 amide bonds. The number of nitrogens with zero attached hydrogens (tertiary/aromatic N) is 1. The molecular weight excluding hydrogens is 368 g/mol. The van der Waals surface area contributed by atoms with Crippen molar-refractivity contribution in [1.82, 2.24) is 9.62 Å². The predicted molar refractivity (Wildman–Crippen MR) is 97.0 cm³/mol. The lowest BCUT2D eigenvalue weighted by Crippen LogP contribution is -2.31. The predicted octanol–water partition coefficient (Wildman–Crippen LogP) is 3.36. The Hall–Kier alpha value is -1.41. The Morgan fingerprint density at radius 3 is 2.62 bits per heavy atom. The van der Waals surface area contributed by atoms with Gasteiger partial charge in [0.2, 0.25) is 10.0 Å². The van der Waals surface area contributed by atoms with Crippen LogP contribution in [0.3, 0.4) is 0 Å². The van der Waals surface area contributed by atoms with Crippen LogP contribution in [0.5, 0.6) is 0 Å². The van der Waals surface area contributed by atoms with Gasteiger partial charge >= 0.3 is 0 Å². The van der Waals surface area contributed by atoms with E-state index < -0.39 is 10.0 Å². The lowest BCUT2D eigenvalue weighted by Gasteiger charge is -2.18. The zero-order chi connectivity index (χ0) is 17.9. The van der Waals surface area contributed by atoms with Crippen LogP contribution in [0.25, 0.3) is 0 Å². The first-order valence-electron chi connectivity index (χ1n) is 7.30. The Labute approximate surface area is 151 Å². The molecule has 0 radical (unpaired) electrons. The first-order valence-corrected chi connectivity index (χ1v) is 10.0. The van der Waals surface area contributed by atoms with Crippen LogP contribution in [0.15, 0.2) is 40.6 Å². The maximum Gasteiger partial charge on any atom is 0.255 e. The second-order valence-electron chi connectivity index (χ2n) is 5.66. The highest BCUT2D eigenvalue weighted by molar-refractivity contribution is 7.89. The summed E-state index contributed by atoms with van der Waals surface area (Å²) in [5.74, 6) is -0.324. The number of halogens is 1. The largest absolute Gasteiger partial charge is 0.337 e. The van der Waals surface area contributed by atoms with E-state index in [9.17, 15) is 13.2 Å². The van der Waals surface area contributed by atoms with E-state index in [0.29, 0.717) is 6.54 Å². The van der Waals surface area contributed by atoms with Gasteiger partial charge in [0.1, 0.15) is 0 Å². The maximum atomic E-state index is 12.6. The zero-order valence-corrected chi connectivity index (χ0v) is 16.0. The highest BCUT2D eigenvalue weighted by Gasteiger charge is 2.21. The number of carbonyl (C=O) groups excluding carboxylic acids is 1. The van der Waals surface area contributed by atoms with Gasteiger partial charge in [-0.25, -0.2) is 13.1 Å². The van der Waals surface area contributed by atoms with Gasteiger partial charge in [0.05, 0.1) is 22.0 Å². The van der Waals surface area contributed by atoms with Crippen LogP contribution in [0, 0.1) is 0 Å². The van der Waals surface area contributed by atoms with Gasteiger partial charge in [-0.3, -0.25) is 4.79 Å². The number of rotatable bonds is 6. The smallest absolute Gasteiger partial charge is 0.255 e. The van der Waals surface area contributed by atoms with E-state index >= 15 is 0 Å². The first kappa shape index (κ1) is 18.9. The average Bonchev–Trinajstić information content (AvgIpc) is 2.98. The Bertz CT molecular complexity index is 818. The summed E-state index contributed by atoms with van der Waals surface area (Å²) in [5, 5.41) is 2.16. The van der Waals surface area contributed by atoms with Gasteiger partial charge in [-0.05, 0) is 43.5 Å².